The van der Waals surface area contributed by atoms with Gasteiger partial charge in [0, 0.05) is 0 Å². The lowest BCUT2D eigenvalue weighted by molar-refractivity contribution is 0.0198. The summed E-state index contributed by atoms with van der Waals surface area (Å²) in [6.07, 6.45) is 73.2. The van der Waals surface area contributed by atoms with Crippen LogP contribution in [0.4, 0.5) is 0 Å². The summed E-state index contributed by atoms with van der Waals surface area (Å²) in [6, 6.07) is 0. The quantitative estimate of drug-likeness (QED) is 0.212. The zero-order valence-electron chi connectivity index (χ0n) is 53.3. The van der Waals surface area contributed by atoms with E-state index in [0.717, 1.165) is 11.8 Å². The minimum absolute atomic E-state index is 1.12. The molecule has 0 aromatic carbocycles. The highest BCUT2D eigenvalue weighted by Crippen LogP contribution is 2.82. The molecule has 0 spiro atoms. The van der Waals surface area contributed by atoms with Crippen LogP contribution in [0.25, 0.3) is 0 Å². The monoisotopic (exact) mass is 1110 g/mol. The summed E-state index contributed by atoms with van der Waals surface area (Å²) in [7, 11) is 0. The van der Waals surface area contributed by atoms with Crippen molar-refractivity contribution in [2.45, 2.75) is 295 Å². The second-order valence-corrected chi connectivity index (χ2v) is 38.9. The molecule has 16 atom stereocenters. The van der Waals surface area contributed by atoms with Crippen molar-refractivity contribution in [3.63, 3.8) is 0 Å². The first-order chi connectivity index (χ1) is 40.5. The number of rotatable bonds is 0. The van der Waals surface area contributed by atoms with Gasteiger partial charge in [0.2, 0.25) is 0 Å². The fourth-order valence-corrected chi connectivity index (χ4v) is 32.1. The fraction of sp³-hybridized carbons (Fsp3) is 1.00. The van der Waals surface area contributed by atoms with E-state index in [9.17, 15) is 0 Å². The summed E-state index contributed by atoms with van der Waals surface area (Å²) in [5.41, 5.74) is 0. The molecule has 0 radical (unpaired) electrons. The Balaban J connectivity index is 0.0000000689. The van der Waals surface area contributed by atoms with Gasteiger partial charge >= 0.3 is 0 Å². The van der Waals surface area contributed by atoms with Gasteiger partial charge in [-0.05, 0) is 438 Å². The van der Waals surface area contributed by atoms with Gasteiger partial charge in [0.25, 0.3) is 0 Å². The molecule has 16 unspecified atom stereocenters. The van der Waals surface area contributed by atoms with Crippen LogP contribution in [-0.4, -0.2) is 0 Å². The molecule has 24 bridgehead atoms. The molecule has 32 fully saturated rings. The van der Waals surface area contributed by atoms with Crippen molar-refractivity contribution in [3.05, 3.63) is 0 Å². The SMILES string of the molecule is C1C2CC3CC1CC(C2)C3.C1C2CC3CC1CC3C2.C1CC2C3C(C1)C23.C1CC2C3C1C23.C1CC2C3CCC(C3)C2C1.C1CC2CC1C1C3CCC(C3)C21.C1CC2CC1C1CC21.C1CC2CC1C1CCC21.C1CC2CCCC(C1)CCC2. The first kappa shape index (κ1) is 53.8. The van der Waals surface area contributed by atoms with Crippen LogP contribution >= 0.6 is 0 Å². The number of fused-ring (bicyclic) bond motifs is 33. The zero-order chi connectivity index (χ0) is 53.3. The molecule has 32 aliphatic carbocycles. The normalized spacial score (nSPS) is 60.9. The highest BCUT2D eigenvalue weighted by atomic mass is 14.8. The average molecular weight is 1110 g/mol. The second kappa shape index (κ2) is 21.9. The molecule has 0 amide bonds. The Morgan fingerprint density at radius 1 is 0.110 bits per heavy atom. The minimum Gasteiger partial charge on any atom is -0.0528 e. The lowest BCUT2D eigenvalue weighted by atomic mass is 9.56. The topological polar surface area (TPSA) is 0 Å². The van der Waals surface area contributed by atoms with Crippen LogP contribution in [0.1, 0.15) is 295 Å². The summed E-state index contributed by atoms with van der Waals surface area (Å²) in [6.45, 7) is 0. The zero-order valence-corrected chi connectivity index (χ0v) is 53.3. The molecule has 0 saturated heterocycles. The van der Waals surface area contributed by atoms with E-state index in [1.54, 1.807) is 276 Å². The Morgan fingerprint density at radius 3 is 0.598 bits per heavy atom. The molecule has 0 N–H and O–H groups in total. The first-order valence-corrected chi connectivity index (χ1v) is 40.5. The van der Waals surface area contributed by atoms with E-state index >= 15 is 0 Å². The van der Waals surface area contributed by atoms with Gasteiger partial charge in [-0.3, -0.25) is 0 Å². The molecular formula is C82H128. The van der Waals surface area contributed by atoms with Gasteiger partial charge in [-0.2, -0.15) is 0 Å². The van der Waals surface area contributed by atoms with E-state index < -0.39 is 0 Å². The van der Waals surface area contributed by atoms with Crippen LogP contribution in [0, 0.1) is 213 Å². The standard InChI is InChI=1S/C12H18.C11H20.2C10H16.2C9H14.C8H12.C7H10.C6H8/c1-2-8-5-7(1)11-9-3-4-10(6-9)12(8)11;1-4-10-6-2-7-11(5-1)9-3-8-10;1-7-2-9-4-8(1)5-10(3-7)6-9;1-2-9-7-4-5-8(6-7)10(9)3-1;1-6-2-8-4-7(1)5-9(8)3-6;1-2-7-5-6(1)8-3-4-9(7)8;1-2-6-3-5(1)7-4-8(6)7;1-2-4-6-5(3-1)7(4)6;1-2-4-5-3(1)6(4)5/h7-12H,1-6H2;10-11H,1-9H2;2*7-10H,1-6H2;2*6-9H,1-5H2;5-8H,1-4H2;4-7H,1-3H2;3-6H,1-2H2. The fourth-order valence-electron chi connectivity index (χ4n) is 32.1. The molecule has 0 nitrogen and oxygen atoms in total. The van der Waals surface area contributed by atoms with Crippen LogP contribution in [0.5, 0.6) is 0 Å². The van der Waals surface area contributed by atoms with E-state index in [1.807, 2.05) is 0 Å². The average Bonchev–Trinajstić information content (AvgIpc) is 1.98. The molecule has 0 heteroatoms. The summed E-state index contributed by atoms with van der Waals surface area (Å²) >= 11 is 0. The van der Waals surface area contributed by atoms with Crippen LogP contribution in [-0.2, 0) is 0 Å². The van der Waals surface area contributed by atoms with Crippen molar-refractivity contribution < 1.29 is 0 Å². The maximum absolute atomic E-state index is 1.64. The highest BCUT2D eigenvalue weighted by Gasteiger charge is 2.76. The van der Waals surface area contributed by atoms with Gasteiger partial charge < -0.3 is 0 Å². The van der Waals surface area contributed by atoms with Crippen molar-refractivity contribution in [3.8, 4) is 0 Å². The third-order valence-electron chi connectivity index (χ3n) is 35.5. The summed E-state index contributed by atoms with van der Waals surface area (Å²) < 4.78 is 0. The predicted octanol–water partition coefficient (Wildman–Crippen LogP) is 22.4. The van der Waals surface area contributed by atoms with Crippen molar-refractivity contribution in [1.82, 2.24) is 0 Å². The van der Waals surface area contributed by atoms with Gasteiger partial charge in [-0.25, -0.2) is 0 Å². The van der Waals surface area contributed by atoms with Gasteiger partial charge in [-0.15, -0.1) is 0 Å². The van der Waals surface area contributed by atoms with E-state index in [4.69, 9.17) is 0 Å². The van der Waals surface area contributed by atoms with Crippen LogP contribution in [0.2, 0.25) is 0 Å². The van der Waals surface area contributed by atoms with E-state index in [2.05, 4.69) is 0 Å². The van der Waals surface area contributed by atoms with Gasteiger partial charge in [0.05, 0.1) is 0 Å². The van der Waals surface area contributed by atoms with Crippen LogP contribution in [0.15, 0.2) is 0 Å². The summed E-state index contributed by atoms with van der Waals surface area (Å²) in [5, 5.41) is 0. The Labute approximate surface area is 505 Å². The van der Waals surface area contributed by atoms with E-state index in [0.29, 0.717) is 0 Å². The van der Waals surface area contributed by atoms with Crippen molar-refractivity contribution in [2.24, 2.45) is 213 Å². The Morgan fingerprint density at radius 2 is 0.341 bits per heavy atom. The largest absolute Gasteiger partial charge is 0.0528 e. The summed E-state index contributed by atoms with van der Waals surface area (Å²) in [4.78, 5) is 0. The minimum atomic E-state index is 1.12. The van der Waals surface area contributed by atoms with Gasteiger partial charge in [0.15, 0.2) is 0 Å². The van der Waals surface area contributed by atoms with E-state index in [-0.39, 0.29) is 0 Å². The van der Waals surface area contributed by atoms with Crippen molar-refractivity contribution in [2.75, 3.05) is 0 Å². The second-order valence-electron chi connectivity index (χ2n) is 38.9. The van der Waals surface area contributed by atoms with Crippen LogP contribution < -0.4 is 0 Å². The smallest absolute Gasteiger partial charge is 0.0318 e. The molecule has 0 aromatic heterocycles. The first-order valence-electron chi connectivity index (χ1n) is 40.5. The molecule has 82 heavy (non-hydrogen) atoms. The predicted molar refractivity (Wildman–Crippen MR) is 338 cm³/mol. The van der Waals surface area contributed by atoms with E-state index in [1.165, 1.54) is 220 Å². The molecule has 0 aromatic rings. The molecule has 0 aliphatic heterocycles. The Hall–Kier alpha value is 0. The molecular weight excluding hydrogens is 985 g/mol. The molecule has 32 rings (SSSR count). The third kappa shape index (κ3) is 10.0. The summed E-state index contributed by atoms with van der Waals surface area (Å²) in [5.74, 6) is 43.8. The highest BCUT2D eigenvalue weighted by molar-refractivity contribution is 5.24. The molecule has 32 saturated carbocycles. The molecule has 32 aliphatic rings. The maximum atomic E-state index is 1.64. The number of hydrogen-bond donors (Lipinski definition) is 0. The molecule has 456 valence electrons. The lowest BCUT2D eigenvalue weighted by Gasteiger charge is -2.49. The Kier molecular flexibility index (Phi) is 14.3. The molecule has 0 heterocycles. The lowest BCUT2D eigenvalue weighted by Crippen LogP contribution is -2.38. The Bertz CT molecular complexity index is 1940. The van der Waals surface area contributed by atoms with Crippen molar-refractivity contribution in [1.29, 1.82) is 0 Å². The number of hydrogen-bond acceptors (Lipinski definition) is 0. The van der Waals surface area contributed by atoms with Gasteiger partial charge in [0.1, 0.15) is 0 Å². The van der Waals surface area contributed by atoms with Gasteiger partial charge in [-0.1, -0.05) is 70.6 Å². The van der Waals surface area contributed by atoms with Crippen molar-refractivity contribution >= 4 is 0 Å². The third-order valence-corrected chi connectivity index (χ3v) is 35.5. The van der Waals surface area contributed by atoms with Crippen LogP contribution in [0.3, 0.4) is 0 Å². The maximum Gasteiger partial charge on any atom is -0.0318 e.